The topological polar surface area (TPSA) is 35.9 Å². The number of benzene rings is 2. The maximum atomic E-state index is 12.6. The van der Waals surface area contributed by atoms with Gasteiger partial charge < -0.3 is 14.7 Å². The van der Waals surface area contributed by atoms with Crippen molar-refractivity contribution in [3.8, 4) is 5.75 Å². The van der Waals surface area contributed by atoms with Crippen LogP contribution in [0.15, 0.2) is 48.5 Å². The summed E-state index contributed by atoms with van der Waals surface area (Å²) in [4.78, 5) is 4.39. The molecule has 0 spiro atoms. The third kappa shape index (κ3) is 4.93. The van der Waals surface area contributed by atoms with Gasteiger partial charge in [-0.1, -0.05) is 12.1 Å². The van der Waals surface area contributed by atoms with E-state index in [4.69, 9.17) is 4.74 Å². The number of hydrogen-bond acceptors (Lipinski definition) is 4. The molecule has 1 fully saturated rings. The van der Waals surface area contributed by atoms with Crippen molar-refractivity contribution in [2.45, 2.75) is 12.3 Å². The van der Waals surface area contributed by atoms with E-state index >= 15 is 0 Å². The number of halogens is 3. The number of piperazine rings is 1. The summed E-state index contributed by atoms with van der Waals surface area (Å²) in [7, 11) is 1.63. The van der Waals surface area contributed by atoms with Crippen LogP contribution in [0, 0.1) is 0 Å². The normalized spacial score (nSPS) is 17.0. The van der Waals surface area contributed by atoms with E-state index in [9.17, 15) is 18.3 Å². The van der Waals surface area contributed by atoms with Crippen LogP contribution < -0.4 is 9.64 Å². The lowest BCUT2D eigenvalue weighted by molar-refractivity contribution is -0.137. The molecule has 1 saturated heterocycles. The SMILES string of the molecule is COc1ccc(N2CCN(C[C@@H](O)c3ccc(C(F)(F)F)cc3)CC2)cc1. The smallest absolute Gasteiger partial charge is 0.416 e. The monoisotopic (exact) mass is 380 g/mol. The Balaban J connectivity index is 1.52. The Morgan fingerprint density at radius 1 is 0.963 bits per heavy atom. The molecule has 4 nitrogen and oxygen atoms in total. The molecular weight excluding hydrogens is 357 g/mol. The van der Waals surface area contributed by atoms with Crippen LogP contribution in [0.5, 0.6) is 5.75 Å². The molecular formula is C20H23F3N2O2. The van der Waals surface area contributed by atoms with E-state index < -0.39 is 17.8 Å². The second-order valence-electron chi connectivity index (χ2n) is 6.62. The van der Waals surface area contributed by atoms with Crippen LogP contribution in [-0.4, -0.2) is 49.8 Å². The highest BCUT2D eigenvalue weighted by atomic mass is 19.4. The second-order valence-corrected chi connectivity index (χ2v) is 6.62. The predicted molar refractivity (Wildman–Crippen MR) is 98.1 cm³/mol. The van der Waals surface area contributed by atoms with E-state index in [1.54, 1.807) is 7.11 Å². The molecule has 3 rings (SSSR count). The van der Waals surface area contributed by atoms with Gasteiger partial charge in [0.2, 0.25) is 0 Å². The van der Waals surface area contributed by atoms with E-state index in [0.29, 0.717) is 12.1 Å². The van der Waals surface area contributed by atoms with Gasteiger partial charge in [-0.05, 0) is 42.0 Å². The van der Waals surface area contributed by atoms with Gasteiger partial charge in [0.1, 0.15) is 5.75 Å². The first-order valence-electron chi connectivity index (χ1n) is 8.83. The molecule has 27 heavy (non-hydrogen) atoms. The highest BCUT2D eigenvalue weighted by Gasteiger charge is 2.30. The lowest BCUT2D eigenvalue weighted by Gasteiger charge is -2.37. The fraction of sp³-hybridized carbons (Fsp3) is 0.400. The first kappa shape index (κ1) is 19.5. The minimum absolute atomic E-state index is 0.405. The van der Waals surface area contributed by atoms with E-state index in [-0.39, 0.29) is 0 Å². The number of rotatable bonds is 5. The molecule has 7 heteroatoms. The van der Waals surface area contributed by atoms with Gasteiger partial charge in [-0.25, -0.2) is 0 Å². The molecule has 1 aliphatic heterocycles. The number of alkyl halides is 3. The molecule has 0 aromatic heterocycles. The summed E-state index contributed by atoms with van der Waals surface area (Å²) in [5, 5.41) is 10.4. The predicted octanol–water partition coefficient (Wildman–Crippen LogP) is 3.57. The van der Waals surface area contributed by atoms with Gasteiger partial charge in [0.05, 0.1) is 18.8 Å². The number of aliphatic hydroxyl groups excluding tert-OH is 1. The zero-order valence-electron chi connectivity index (χ0n) is 15.1. The third-order valence-electron chi connectivity index (χ3n) is 4.86. The lowest BCUT2D eigenvalue weighted by atomic mass is 10.1. The highest BCUT2D eigenvalue weighted by molar-refractivity contribution is 5.49. The Morgan fingerprint density at radius 3 is 2.07 bits per heavy atom. The molecule has 0 bridgehead atoms. The second kappa shape index (κ2) is 8.19. The largest absolute Gasteiger partial charge is 0.497 e. The molecule has 1 aliphatic rings. The molecule has 0 aliphatic carbocycles. The number of methoxy groups -OCH3 is 1. The van der Waals surface area contributed by atoms with Gasteiger partial charge in [0.15, 0.2) is 0 Å². The molecule has 0 saturated carbocycles. The van der Waals surface area contributed by atoms with E-state index in [0.717, 1.165) is 49.7 Å². The standard InChI is InChI=1S/C20H23F3N2O2/c1-27-18-8-6-17(7-9-18)25-12-10-24(11-13-25)14-19(26)15-2-4-16(5-3-15)20(21,22)23/h2-9,19,26H,10-14H2,1H3/t19-/m1/s1. The van der Waals surface area contributed by atoms with E-state index in [1.165, 1.54) is 12.1 Å². The summed E-state index contributed by atoms with van der Waals surface area (Å²) < 4.78 is 43.1. The maximum absolute atomic E-state index is 12.6. The van der Waals surface area contributed by atoms with Crippen LogP contribution in [0.1, 0.15) is 17.2 Å². The van der Waals surface area contributed by atoms with Crippen LogP contribution in [0.4, 0.5) is 18.9 Å². The molecule has 1 N–H and O–H groups in total. The summed E-state index contributed by atoms with van der Waals surface area (Å²) in [6, 6.07) is 12.6. The van der Waals surface area contributed by atoms with Crippen LogP contribution in [-0.2, 0) is 6.18 Å². The first-order chi connectivity index (χ1) is 12.9. The van der Waals surface area contributed by atoms with Crippen molar-refractivity contribution in [3.05, 3.63) is 59.7 Å². The molecule has 0 unspecified atom stereocenters. The Hall–Kier alpha value is -2.25. The zero-order chi connectivity index (χ0) is 19.4. The van der Waals surface area contributed by atoms with Crippen molar-refractivity contribution >= 4 is 5.69 Å². The van der Waals surface area contributed by atoms with Crippen molar-refractivity contribution in [1.82, 2.24) is 4.90 Å². The number of ether oxygens (including phenoxy) is 1. The van der Waals surface area contributed by atoms with Gasteiger partial charge in [0, 0.05) is 38.4 Å². The van der Waals surface area contributed by atoms with Gasteiger partial charge in [-0.2, -0.15) is 13.2 Å². The molecule has 146 valence electrons. The molecule has 0 radical (unpaired) electrons. The van der Waals surface area contributed by atoms with E-state index in [1.807, 2.05) is 24.3 Å². The minimum atomic E-state index is -4.36. The zero-order valence-corrected chi connectivity index (χ0v) is 15.1. The third-order valence-corrected chi connectivity index (χ3v) is 4.86. The van der Waals surface area contributed by atoms with Crippen molar-refractivity contribution in [2.24, 2.45) is 0 Å². The quantitative estimate of drug-likeness (QED) is 0.860. The molecule has 1 heterocycles. The van der Waals surface area contributed by atoms with Crippen molar-refractivity contribution in [2.75, 3.05) is 44.7 Å². The molecule has 2 aromatic rings. The lowest BCUT2D eigenvalue weighted by Crippen LogP contribution is -2.47. The Morgan fingerprint density at radius 2 is 1.56 bits per heavy atom. The Labute approximate surface area is 156 Å². The first-order valence-corrected chi connectivity index (χ1v) is 8.83. The fourth-order valence-corrected chi connectivity index (χ4v) is 3.23. The number of hydrogen-bond donors (Lipinski definition) is 1. The van der Waals surface area contributed by atoms with Gasteiger partial charge >= 0.3 is 6.18 Å². The number of β-amino-alcohol motifs (C(OH)–C–C–N with tert-alkyl or cyclic N) is 1. The van der Waals surface area contributed by atoms with Gasteiger partial charge in [-0.3, -0.25) is 4.90 Å². The Bertz CT molecular complexity index is 724. The summed E-state index contributed by atoms with van der Waals surface area (Å²) in [5.74, 6) is 0.817. The van der Waals surface area contributed by atoms with Crippen LogP contribution >= 0.6 is 0 Å². The van der Waals surface area contributed by atoms with Crippen LogP contribution in [0.2, 0.25) is 0 Å². The van der Waals surface area contributed by atoms with Crippen molar-refractivity contribution in [3.63, 3.8) is 0 Å². The van der Waals surface area contributed by atoms with Crippen LogP contribution in [0.25, 0.3) is 0 Å². The highest BCUT2D eigenvalue weighted by Crippen LogP contribution is 2.30. The summed E-state index contributed by atoms with van der Waals surface area (Å²) in [5.41, 5.74) is 0.922. The molecule has 2 aromatic carbocycles. The van der Waals surface area contributed by atoms with Crippen molar-refractivity contribution in [1.29, 1.82) is 0 Å². The summed E-state index contributed by atoms with van der Waals surface area (Å²) >= 11 is 0. The fourth-order valence-electron chi connectivity index (χ4n) is 3.23. The average Bonchev–Trinajstić information content (AvgIpc) is 2.68. The molecule has 0 amide bonds. The van der Waals surface area contributed by atoms with Crippen molar-refractivity contribution < 1.29 is 23.0 Å². The van der Waals surface area contributed by atoms with Gasteiger partial charge in [0.25, 0.3) is 0 Å². The van der Waals surface area contributed by atoms with E-state index in [2.05, 4.69) is 9.80 Å². The summed E-state index contributed by atoms with van der Waals surface area (Å²) in [6.45, 7) is 3.62. The molecule has 1 atom stereocenters. The number of nitrogens with zero attached hydrogens (tertiary/aromatic N) is 2. The van der Waals surface area contributed by atoms with Crippen LogP contribution in [0.3, 0.4) is 0 Å². The minimum Gasteiger partial charge on any atom is -0.497 e. The average molecular weight is 380 g/mol. The maximum Gasteiger partial charge on any atom is 0.416 e. The number of aliphatic hydroxyl groups is 1. The summed E-state index contributed by atoms with van der Waals surface area (Å²) in [6.07, 6.45) is -5.17. The van der Waals surface area contributed by atoms with Gasteiger partial charge in [-0.15, -0.1) is 0 Å². The number of anilines is 1. The Kier molecular flexibility index (Phi) is 5.92.